The van der Waals surface area contributed by atoms with E-state index in [1.807, 2.05) is 4.90 Å². The number of amidine groups is 1. The van der Waals surface area contributed by atoms with Gasteiger partial charge in [-0.25, -0.2) is 0 Å². The molecule has 6 heteroatoms. The van der Waals surface area contributed by atoms with E-state index in [1.54, 1.807) is 6.92 Å². The monoisotopic (exact) mass is 228 g/mol. The summed E-state index contributed by atoms with van der Waals surface area (Å²) in [5.74, 6) is 0.310. The second kappa shape index (κ2) is 6.32. The normalized spacial score (nSPS) is 18.8. The molecule has 0 radical (unpaired) electrons. The summed E-state index contributed by atoms with van der Waals surface area (Å²) in [5.41, 5.74) is 5.40. The van der Waals surface area contributed by atoms with E-state index >= 15 is 0 Å². The van der Waals surface area contributed by atoms with E-state index in [0.717, 1.165) is 25.9 Å². The van der Waals surface area contributed by atoms with Gasteiger partial charge >= 0.3 is 0 Å². The van der Waals surface area contributed by atoms with Crippen LogP contribution < -0.4 is 11.1 Å². The lowest BCUT2D eigenvalue weighted by Gasteiger charge is -2.16. The fourth-order valence-electron chi connectivity index (χ4n) is 1.71. The zero-order valence-electron chi connectivity index (χ0n) is 9.65. The van der Waals surface area contributed by atoms with Gasteiger partial charge in [0.1, 0.15) is 0 Å². The quantitative estimate of drug-likeness (QED) is 0.261. The van der Waals surface area contributed by atoms with E-state index in [0.29, 0.717) is 13.0 Å². The van der Waals surface area contributed by atoms with Crippen molar-refractivity contribution in [3.05, 3.63) is 0 Å². The SMILES string of the molecule is CC(NCCC(=O)N1CCCC1)C(N)=NO. The molecule has 0 saturated carbocycles. The first kappa shape index (κ1) is 12.8. The van der Waals surface area contributed by atoms with Gasteiger partial charge in [0.05, 0.1) is 6.04 Å². The highest BCUT2D eigenvalue weighted by Crippen LogP contribution is 2.08. The van der Waals surface area contributed by atoms with Gasteiger partial charge in [0, 0.05) is 26.1 Å². The van der Waals surface area contributed by atoms with Crippen molar-refractivity contribution in [1.29, 1.82) is 0 Å². The predicted octanol–water partition coefficient (Wildman–Crippen LogP) is -0.277. The molecular formula is C10H20N4O2. The number of nitrogens with one attached hydrogen (secondary N) is 1. The summed E-state index contributed by atoms with van der Waals surface area (Å²) in [4.78, 5) is 13.5. The third kappa shape index (κ3) is 3.69. The Morgan fingerprint density at radius 2 is 2.19 bits per heavy atom. The lowest BCUT2D eigenvalue weighted by molar-refractivity contribution is -0.130. The minimum absolute atomic E-state index is 0.133. The average molecular weight is 228 g/mol. The van der Waals surface area contributed by atoms with Crippen LogP contribution in [0.4, 0.5) is 0 Å². The van der Waals surface area contributed by atoms with E-state index < -0.39 is 0 Å². The first-order valence-corrected chi connectivity index (χ1v) is 5.63. The highest BCUT2D eigenvalue weighted by Gasteiger charge is 2.17. The molecule has 1 aliphatic rings. The number of carbonyl (C=O) groups is 1. The van der Waals surface area contributed by atoms with Gasteiger partial charge in [0.15, 0.2) is 5.84 Å². The second-order valence-corrected chi connectivity index (χ2v) is 4.04. The van der Waals surface area contributed by atoms with Gasteiger partial charge in [-0.1, -0.05) is 5.16 Å². The topological polar surface area (TPSA) is 91.0 Å². The van der Waals surface area contributed by atoms with Gasteiger partial charge in [0.25, 0.3) is 0 Å². The summed E-state index contributed by atoms with van der Waals surface area (Å²) in [6, 6.07) is -0.212. The minimum atomic E-state index is -0.212. The number of nitrogens with zero attached hydrogens (tertiary/aromatic N) is 2. The molecule has 1 atom stereocenters. The maximum absolute atomic E-state index is 11.6. The molecule has 1 heterocycles. The van der Waals surface area contributed by atoms with Crippen molar-refractivity contribution >= 4 is 11.7 Å². The smallest absolute Gasteiger partial charge is 0.223 e. The first-order chi connectivity index (χ1) is 7.65. The molecule has 1 rings (SSSR count). The molecule has 1 unspecified atom stereocenters. The van der Waals surface area contributed by atoms with Gasteiger partial charge in [0.2, 0.25) is 5.91 Å². The molecule has 1 saturated heterocycles. The maximum atomic E-state index is 11.6. The molecule has 0 aromatic rings. The Morgan fingerprint density at radius 3 is 2.75 bits per heavy atom. The van der Waals surface area contributed by atoms with Crippen molar-refractivity contribution in [3.63, 3.8) is 0 Å². The molecule has 4 N–H and O–H groups in total. The van der Waals surface area contributed by atoms with Crippen molar-refractivity contribution in [1.82, 2.24) is 10.2 Å². The summed E-state index contributed by atoms with van der Waals surface area (Å²) in [6.07, 6.45) is 2.68. The summed E-state index contributed by atoms with van der Waals surface area (Å²) < 4.78 is 0. The summed E-state index contributed by atoms with van der Waals surface area (Å²) in [6.45, 7) is 4.10. The second-order valence-electron chi connectivity index (χ2n) is 4.04. The Morgan fingerprint density at radius 1 is 1.56 bits per heavy atom. The number of hydrogen-bond donors (Lipinski definition) is 3. The van der Waals surface area contributed by atoms with Crippen LogP contribution >= 0.6 is 0 Å². The summed E-state index contributed by atoms with van der Waals surface area (Å²) >= 11 is 0. The van der Waals surface area contributed by atoms with Gasteiger partial charge in [-0.2, -0.15) is 0 Å². The Kier molecular flexibility index (Phi) is 5.04. The summed E-state index contributed by atoms with van der Waals surface area (Å²) in [5, 5.41) is 14.4. The molecule has 0 aromatic carbocycles. The van der Waals surface area contributed by atoms with E-state index in [1.165, 1.54) is 0 Å². The van der Waals surface area contributed by atoms with Crippen LogP contribution in [0.25, 0.3) is 0 Å². The number of nitrogens with two attached hydrogens (primary N) is 1. The third-order valence-corrected chi connectivity index (χ3v) is 2.81. The standard InChI is InChI=1S/C10H20N4O2/c1-8(10(11)13-16)12-5-4-9(15)14-6-2-3-7-14/h8,12,16H,2-7H2,1H3,(H2,11,13). The number of carbonyl (C=O) groups excluding carboxylic acids is 1. The van der Waals surface area contributed by atoms with Crippen LogP contribution in [0.2, 0.25) is 0 Å². The molecule has 0 aliphatic carbocycles. The van der Waals surface area contributed by atoms with Gasteiger partial charge in [-0.15, -0.1) is 0 Å². The number of hydrogen-bond acceptors (Lipinski definition) is 4. The highest BCUT2D eigenvalue weighted by molar-refractivity contribution is 5.84. The van der Waals surface area contributed by atoms with E-state index in [-0.39, 0.29) is 17.8 Å². The number of rotatable bonds is 5. The molecule has 0 spiro atoms. The van der Waals surface area contributed by atoms with Crippen LogP contribution in [0.1, 0.15) is 26.2 Å². The molecule has 1 amide bonds. The molecule has 6 nitrogen and oxygen atoms in total. The Bertz CT molecular complexity index is 262. The molecule has 0 aromatic heterocycles. The third-order valence-electron chi connectivity index (χ3n) is 2.81. The minimum Gasteiger partial charge on any atom is -0.409 e. The largest absolute Gasteiger partial charge is 0.409 e. The maximum Gasteiger partial charge on any atom is 0.223 e. The predicted molar refractivity (Wildman–Crippen MR) is 61.3 cm³/mol. The van der Waals surface area contributed by atoms with E-state index in [4.69, 9.17) is 10.9 Å². The zero-order chi connectivity index (χ0) is 12.0. The Labute approximate surface area is 95.5 Å². The summed E-state index contributed by atoms with van der Waals surface area (Å²) in [7, 11) is 0. The van der Waals surface area contributed by atoms with E-state index in [2.05, 4.69) is 10.5 Å². The fraction of sp³-hybridized carbons (Fsp3) is 0.800. The van der Waals surface area contributed by atoms with E-state index in [9.17, 15) is 4.79 Å². The number of amides is 1. The molecule has 92 valence electrons. The van der Waals surface area contributed by atoms with Crippen LogP contribution in [0, 0.1) is 0 Å². The van der Waals surface area contributed by atoms with Crippen LogP contribution in [0.5, 0.6) is 0 Å². The number of likely N-dealkylation sites (tertiary alicyclic amines) is 1. The van der Waals surface area contributed by atoms with Gasteiger partial charge in [-0.05, 0) is 19.8 Å². The van der Waals surface area contributed by atoms with Crippen molar-refractivity contribution in [2.75, 3.05) is 19.6 Å². The fourth-order valence-corrected chi connectivity index (χ4v) is 1.71. The molecule has 16 heavy (non-hydrogen) atoms. The molecule has 1 aliphatic heterocycles. The Balaban J connectivity index is 2.17. The average Bonchev–Trinajstić information content (AvgIpc) is 2.81. The van der Waals surface area contributed by atoms with Crippen molar-refractivity contribution in [3.8, 4) is 0 Å². The Hall–Kier alpha value is -1.30. The molecule has 1 fully saturated rings. The lowest BCUT2D eigenvalue weighted by Crippen LogP contribution is -2.41. The zero-order valence-corrected chi connectivity index (χ0v) is 9.65. The van der Waals surface area contributed by atoms with Gasteiger partial charge < -0.3 is 21.2 Å². The van der Waals surface area contributed by atoms with Crippen LogP contribution in [-0.4, -0.2) is 47.5 Å². The molecular weight excluding hydrogens is 208 g/mol. The highest BCUT2D eigenvalue weighted by atomic mass is 16.4. The van der Waals surface area contributed by atoms with Crippen LogP contribution in [0.15, 0.2) is 5.16 Å². The van der Waals surface area contributed by atoms with Gasteiger partial charge in [-0.3, -0.25) is 4.79 Å². The van der Waals surface area contributed by atoms with Crippen LogP contribution in [-0.2, 0) is 4.79 Å². The van der Waals surface area contributed by atoms with Crippen LogP contribution in [0.3, 0.4) is 0 Å². The number of oxime groups is 1. The van der Waals surface area contributed by atoms with Crippen molar-refractivity contribution in [2.45, 2.75) is 32.2 Å². The van der Waals surface area contributed by atoms with Crippen molar-refractivity contribution < 1.29 is 10.0 Å². The van der Waals surface area contributed by atoms with Crippen molar-refractivity contribution in [2.24, 2.45) is 10.9 Å². The first-order valence-electron chi connectivity index (χ1n) is 5.63. The molecule has 0 bridgehead atoms. The lowest BCUT2D eigenvalue weighted by atomic mass is 10.3.